The highest BCUT2D eigenvalue weighted by Crippen LogP contribution is 2.92. The number of nitrogens with zero attached hydrogens (tertiary/aromatic N) is 14. The van der Waals surface area contributed by atoms with E-state index in [1.54, 1.807) is 44.3 Å². The number of hydrogen-bond donors (Lipinski definition) is 2. The highest BCUT2D eigenvalue weighted by molar-refractivity contribution is 6.34. The predicted octanol–water partition coefficient (Wildman–Crippen LogP) is 6.06. The average molecular weight is 896 g/mol. The summed E-state index contributed by atoms with van der Waals surface area (Å²) < 4.78 is 11.1. The zero-order chi connectivity index (χ0) is 42.4. The predicted molar refractivity (Wildman–Crippen MR) is 234 cm³/mol. The second-order valence-electron chi connectivity index (χ2n) is 20.8. The van der Waals surface area contributed by atoms with Crippen molar-refractivity contribution in [2.75, 3.05) is 10.6 Å². The van der Waals surface area contributed by atoms with Gasteiger partial charge in [0.25, 0.3) is 0 Å². The molecule has 18 nitrogen and oxygen atoms in total. The average Bonchev–Trinajstić information content (AvgIpc) is 4.09. The molecule has 322 valence electrons. The second kappa shape index (κ2) is 11.0. The van der Waals surface area contributed by atoms with Crippen LogP contribution in [0.3, 0.4) is 0 Å². The van der Waals surface area contributed by atoms with Crippen molar-refractivity contribution in [3.05, 3.63) is 80.6 Å². The summed E-state index contributed by atoms with van der Waals surface area (Å²) in [7, 11) is 1.81. The van der Waals surface area contributed by atoms with E-state index < -0.39 is 0 Å². The van der Waals surface area contributed by atoms with Crippen LogP contribution < -0.4 is 22.0 Å². The zero-order valence-corrected chi connectivity index (χ0v) is 36.1. The fourth-order valence-electron chi connectivity index (χ4n) is 17.1. The number of aromatic nitrogens is 14. The van der Waals surface area contributed by atoms with Crippen LogP contribution in [0.1, 0.15) is 64.2 Å². The summed E-state index contributed by atoms with van der Waals surface area (Å²) in [5.74, 6) is 3.97. The number of rotatable bonds is 9. The summed E-state index contributed by atoms with van der Waals surface area (Å²) in [5, 5.41) is 16.1. The fourth-order valence-corrected chi connectivity index (χ4v) is 17.4. The van der Waals surface area contributed by atoms with Gasteiger partial charge in [-0.1, -0.05) is 23.2 Å². The van der Waals surface area contributed by atoms with Gasteiger partial charge in [0.05, 0.1) is 57.3 Å². The molecule has 2 N–H and O–H groups in total. The third-order valence-corrected chi connectivity index (χ3v) is 19.8. The Morgan fingerprint density at radius 3 is 1.89 bits per heavy atom. The minimum absolute atomic E-state index is 0.0501. The fraction of sp³-hybridized carbons (Fsp3) is 0.500. The van der Waals surface area contributed by atoms with Crippen molar-refractivity contribution in [1.29, 1.82) is 0 Å². The SMILES string of the molecule is Cn1c(=O)n(C23CC4CC5(CCn6c(=O)n(C78CC9CC%10CC(C7)C%1098)c7nc(Nc8cn9ncnc9cc8Cl)ncc76)CC(C2)C45C3)c2nc(Nc3cn4ncnc4cc3Cl)ncc21. The van der Waals surface area contributed by atoms with Crippen LogP contribution in [0.25, 0.3) is 33.6 Å². The van der Waals surface area contributed by atoms with Gasteiger partial charge in [-0.3, -0.25) is 18.3 Å². The molecule has 8 aromatic rings. The van der Waals surface area contributed by atoms with Crippen LogP contribution in [0.5, 0.6) is 0 Å². The third kappa shape index (κ3) is 3.72. The van der Waals surface area contributed by atoms with Crippen LogP contribution in [0.4, 0.5) is 23.3 Å². The maximum absolute atomic E-state index is 15.1. The Morgan fingerprint density at radius 2 is 1.30 bits per heavy atom. The number of imidazole rings is 2. The van der Waals surface area contributed by atoms with Crippen LogP contribution in [0.2, 0.25) is 10.0 Å². The standard InChI is InChI=1S/C44H40Cl2N16O2/c1-57-30-14-47-36(53-28-16-59-32(6-26(28)45)49-19-51-59)55-34(30)61(38(57)63)41-10-24-8-40(9-25(11-41)43(24,40)18-41)2-3-58-31-15-48-37(54-29-17-60-33(7-27(29)46)50-20-52-60)56-35(31)62(39(58)64)42-12-22-4-21-5-23(13-42)44(21,22)42/h6-7,14-17,19-25H,2-5,8-13,18H2,1H3,(H,47,53,55)(H,48,54,56). The van der Waals surface area contributed by atoms with Gasteiger partial charge in [0.2, 0.25) is 11.9 Å². The summed E-state index contributed by atoms with van der Waals surface area (Å²) in [4.78, 5) is 57.5. The minimum Gasteiger partial charge on any atom is -0.322 e. The molecule has 8 aliphatic carbocycles. The first kappa shape index (κ1) is 35.5. The van der Waals surface area contributed by atoms with E-state index in [1.807, 2.05) is 22.4 Å². The summed E-state index contributed by atoms with van der Waals surface area (Å²) in [6.07, 6.45) is 20.8. The van der Waals surface area contributed by atoms with Crippen molar-refractivity contribution in [3.8, 4) is 0 Å². The molecule has 0 aromatic carbocycles. The Labute approximate surface area is 372 Å². The summed E-state index contributed by atoms with van der Waals surface area (Å²) in [5.41, 5.74) is 5.35. The molecule has 0 radical (unpaired) electrons. The van der Waals surface area contributed by atoms with Crippen molar-refractivity contribution >= 4 is 80.1 Å². The molecule has 0 saturated heterocycles. The van der Waals surface area contributed by atoms with Gasteiger partial charge < -0.3 is 10.6 Å². The number of fused-ring (bicyclic) bond motifs is 5. The van der Waals surface area contributed by atoms with Gasteiger partial charge in [-0.15, -0.1) is 0 Å². The lowest BCUT2D eigenvalue weighted by atomic mass is 9.15. The van der Waals surface area contributed by atoms with Crippen LogP contribution in [0.15, 0.2) is 59.2 Å². The highest BCUT2D eigenvalue weighted by atomic mass is 35.5. The van der Waals surface area contributed by atoms with Crippen LogP contribution in [-0.2, 0) is 24.7 Å². The summed E-state index contributed by atoms with van der Waals surface area (Å²) in [6, 6.07) is 3.49. The van der Waals surface area contributed by atoms with Gasteiger partial charge in [-0.2, -0.15) is 20.2 Å². The number of aryl methyl sites for hydroxylation is 2. The summed E-state index contributed by atoms with van der Waals surface area (Å²) >= 11 is 13.3. The zero-order valence-electron chi connectivity index (χ0n) is 34.6. The minimum atomic E-state index is -0.333. The van der Waals surface area contributed by atoms with Crippen molar-refractivity contribution in [1.82, 2.24) is 67.4 Å². The smallest absolute Gasteiger partial charge is 0.322 e. The van der Waals surface area contributed by atoms with Crippen molar-refractivity contribution in [2.45, 2.75) is 81.8 Å². The van der Waals surface area contributed by atoms with Crippen molar-refractivity contribution < 1.29 is 0 Å². The van der Waals surface area contributed by atoms with Crippen molar-refractivity contribution in [3.63, 3.8) is 0 Å². The normalized spacial score (nSPS) is 35.3. The van der Waals surface area contributed by atoms with Gasteiger partial charge in [0.1, 0.15) is 23.7 Å². The summed E-state index contributed by atoms with van der Waals surface area (Å²) in [6.45, 7) is 0.611. The molecule has 2 spiro atoms. The Balaban J connectivity index is 0.733. The first-order valence-electron chi connectivity index (χ1n) is 22.5. The van der Waals surface area contributed by atoms with E-state index in [1.165, 1.54) is 25.5 Å². The Morgan fingerprint density at radius 1 is 0.703 bits per heavy atom. The van der Waals surface area contributed by atoms with E-state index in [4.69, 9.17) is 38.2 Å². The molecule has 8 saturated carbocycles. The number of anilines is 4. The lowest BCUT2D eigenvalue weighted by molar-refractivity contribution is -0.418. The first-order valence-corrected chi connectivity index (χ1v) is 23.3. The van der Waals surface area contributed by atoms with Crippen LogP contribution >= 0.6 is 23.2 Å². The van der Waals surface area contributed by atoms with Crippen LogP contribution in [-0.4, -0.2) is 67.4 Å². The molecule has 4 atom stereocenters. The number of hydrogen-bond acceptors (Lipinski definition) is 12. The van der Waals surface area contributed by atoms with Crippen molar-refractivity contribution in [2.24, 2.45) is 52.9 Å². The van der Waals surface area contributed by atoms with Gasteiger partial charge >= 0.3 is 11.4 Å². The Hall–Kier alpha value is -5.88. The molecular formula is C44H40Cl2N16O2. The van der Waals surface area contributed by atoms with E-state index in [0.29, 0.717) is 79.8 Å². The van der Waals surface area contributed by atoms with Gasteiger partial charge in [0.15, 0.2) is 22.6 Å². The molecule has 8 aromatic heterocycles. The number of halogens is 2. The largest absolute Gasteiger partial charge is 0.330 e. The molecule has 8 aliphatic rings. The second-order valence-corrected chi connectivity index (χ2v) is 21.6. The van der Waals surface area contributed by atoms with E-state index >= 15 is 4.79 Å². The Bertz CT molecular complexity index is 3560. The molecule has 64 heavy (non-hydrogen) atoms. The molecule has 16 rings (SSSR count). The molecule has 20 heteroatoms. The first-order chi connectivity index (χ1) is 31.0. The molecule has 2 bridgehead atoms. The highest BCUT2D eigenvalue weighted by Gasteiger charge is 2.89. The quantitative estimate of drug-likeness (QED) is 0.171. The van der Waals surface area contributed by atoms with Gasteiger partial charge in [-0.05, 0) is 105 Å². The Kier molecular flexibility index (Phi) is 6.07. The van der Waals surface area contributed by atoms with E-state index in [9.17, 15) is 4.79 Å². The topological polar surface area (TPSA) is 190 Å². The van der Waals surface area contributed by atoms with Crippen LogP contribution in [0, 0.1) is 45.8 Å². The maximum atomic E-state index is 15.1. The maximum Gasteiger partial charge on any atom is 0.330 e. The van der Waals surface area contributed by atoms with E-state index in [2.05, 4.69) is 40.3 Å². The monoisotopic (exact) mass is 894 g/mol. The number of nitrogens with one attached hydrogen (secondary N) is 2. The van der Waals surface area contributed by atoms with Gasteiger partial charge in [-0.25, -0.2) is 38.6 Å². The van der Waals surface area contributed by atoms with E-state index in [0.717, 1.165) is 74.6 Å². The number of pyridine rings is 2. The third-order valence-electron chi connectivity index (χ3n) is 19.1. The molecule has 8 heterocycles. The lowest BCUT2D eigenvalue weighted by Crippen LogP contribution is -2.89. The molecule has 0 amide bonds. The van der Waals surface area contributed by atoms with Gasteiger partial charge in [0, 0.05) is 31.1 Å². The molecule has 0 aliphatic heterocycles. The molecular weight excluding hydrogens is 855 g/mol. The molecule has 4 unspecified atom stereocenters. The molecule has 8 fully saturated rings. The van der Waals surface area contributed by atoms with E-state index in [-0.39, 0.29) is 38.7 Å². The lowest BCUT2D eigenvalue weighted by Gasteiger charge is -2.90.